The van der Waals surface area contributed by atoms with Crippen LogP contribution in [0.5, 0.6) is 0 Å². The number of fused-ring (bicyclic) bond motifs is 2. The predicted molar refractivity (Wildman–Crippen MR) is 142 cm³/mol. The normalized spacial score (nSPS) is 47.9. The molecular weight excluding hydrogens is 460 g/mol. The molecule has 11 atom stereocenters. The van der Waals surface area contributed by atoms with Crippen LogP contribution in [0.15, 0.2) is 36.4 Å². The molecule has 1 spiro atoms. The van der Waals surface area contributed by atoms with E-state index in [1.54, 1.807) is 0 Å². The fourth-order valence-corrected chi connectivity index (χ4v) is 10.9. The van der Waals surface area contributed by atoms with E-state index in [9.17, 15) is 15.0 Å². The van der Waals surface area contributed by atoms with Crippen LogP contribution >= 0.6 is 0 Å². The van der Waals surface area contributed by atoms with Gasteiger partial charge in [0.15, 0.2) is 0 Å². The second-order valence-corrected chi connectivity index (χ2v) is 13.7. The number of aliphatic hydroxyl groups is 2. The van der Waals surface area contributed by atoms with E-state index in [-0.39, 0.29) is 23.5 Å². The molecule has 5 nitrogen and oxygen atoms in total. The fraction of sp³-hybridized carbons (Fsp3) is 0.719. The van der Waals surface area contributed by atoms with Crippen molar-refractivity contribution in [2.24, 2.45) is 29.1 Å². The van der Waals surface area contributed by atoms with E-state index in [2.05, 4.69) is 34.5 Å². The minimum atomic E-state index is -0.728. The van der Waals surface area contributed by atoms with E-state index < -0.39 is 5.72 Å². The molecule has 3 saturated heterocycles. The van der Waals surface area contributed by atoms with Gasteiger partial charge in [-0.3, -0.25) is 9.69 Å². The molecule has 3 N–H and O–H groups in total. The van der Waals surface area contributed by atoms with Crippen molar-refractivity contribution in [1.82, 2.24) is 10.2 Å². The highest BCUT2D eigenvalue weighted by Crippen LogP contribution is 2.67. The molecule has 0 amide bonds. The molecule has 4 bridgehead atoms. The number of hydrogen-bond acceptors (Lipinski definition) is 5. The van der Waals surface area contributed by atoms with E-state index in [1.165, 1.54) is 50.5 Å². The van der Waals surface area contributed by atoms with Crippen LogP contribution in [0.4, 0.5) is 0 Å². The highest BCUT2D eigenvalue weighted by molar-refractivity contribution is 5.74. The third-order valence-corrected chi connectivity index (χ3v) is 12.4. The molecule has 5 heteroatoms. The monoisotopic (exact) mass is 502 g/mol. The average Bonchev–Trinajstić information content (AvgIpc) is 3.48. The molecule has 8 aliphatic rings. The number of carbonyl (C=O) groups excluding carboxylic acids is 1. The molecule has 0 radical (unpaired) electrons. The molecule has 6 fully saturated rings. The van der Waals surface area contributed by atoms with Crippen LogP contribution in [0.25, 0.3) is 0 Å². The minimum absolute atomic E-state index is 0.0642. The SMILES string of the molecule is O=Cc1ccc([C@@H](C2CCCC2)[C@@H]2[C@H]3C=C[C@H]4N2[C@]4(O)[C@H]3[C@@H]2CC[C@H]3C[C@H](O)C4(CCCC4)[C@@H]3N2)cc1. The lowest BCUT2D eigenvalue weighted by Gasteiger charge is -2.47. The number of piperidine rings is 2. The minimum Gasteiger partial charge on any atom is -0.392 e. The first-order chi connectivity index (χ1) is 18.1. The Morgan fingerprint density at radius 3 is 2.49 bits per heavy atom. The maximum absolute atomic E-state index is 12.3. The number of hydrogen-bond donors (Lipinski definition) is 3. The first-order valence-electron chi connectivity index (χ1n) is 15.2. The summed E-state index contributed by atoms with van der Waals surface area (Å²) >= 11 is 0. The van der Waals surface area contributed by atoms with Crippen molar-refractivity contribution in [3.05, 3.63) is 47.5 Å². The largest absolute Gasteiger partial charge is 0.392 e. The van der Waals surface area contributed by atoms with E-state index in [4.69, 9.17) is 0 Å². The highest BCUT2D eigenvalue weighted by Gasteiger charge is 2.79. The molecule has 1 aromatic rings. The molecule has 3 saturated carbocycles. The maximum atomic E-state index is 12.3. The number of aldehydes is 1. The number of nitrogens with zero attached hydrogens (tertiary/aromatic N) is 1. The first-order valence-corrected chi connectivity index (χ1v) is 15.2. The summed E-state index contributed by atoms with van der Waals surface area (Å²) in [7, 11) is 0. The second kappa shape index (κ2) is 8.24. The van der Waals surface area contributed by atoms with Crippen LogP contribution in [0.2, 0.25) is 0 Å². The highest BCUT2D eigenvalue weighted by atomic mass is 16.3. The average molecular weight is 503 g/mol. The van der Waals surface area contributed by atoms with E-state index in [0.717, 1.165) is 37.5 Å². The van der Waals surface area contributed by atoms with Crippen molar-refractivity contribution in [2.75, 3.05) is 0 Å². The van der Waals surface area contributed by atoms with Crippen LogP contribution in [0, 0.1) is 29.1 Å². The van der Waals surface area contributed by atoms with Gasteiger partial charge in [-0.05, 0) is 62.3 Å². The lowest BCUT2D eigenvalue weighted by molar-refractivity contribution is 0.000376. The summed E-state index contributed by atoms with van der Waals surface area (Å²) in [5.74, 6) is 2.17. The molecule has 4 heterocycles. The Hall–Kier alpha value is -1.53. The van der Waals surface area contributed by atoms with Crippen LogP contribution in [0.1, 0.15) is 92.5 Å². The Balaban J connectivity index is 1.13. The van der Waals surface area contributed by atoms with Gasteiger partial charge in [0.1, 0.15) is 12.0 Å². The van der Waals surface area contributed by atoms with Crippen molar-refractivity contribution in [1.29, 1.82) is 0 Å². The smallest absolute Gasteiger partial charge is 0.150 e. The molecule has 0 aromatic heterocycles. The third kappa shape index (κ3) is 3.09. The van der Waals surface area contributed by atoms with E-state index in [1.807, 2.05) is 12.1 Å². The summed E-state index contributed by atoms with van der Waals surface area (Å²) < 4.78 is 0. The lowest BCUT2D eigenvalue weighted by atomic mass is 9.65. The van der Waals surface area contributed by atoms with Crippen LogP contribution in [-0.2, 0) is 0 Å². The van der Waals surface area contributed by atoms with Crippen molar-refractivity contribution in [3.63, 3.8) is 0 Å². The van der Waals surface area contributed by atoms with Gasteiger partial charge in [-0.1, -0.05) is 62.1 Å². The number of nitrogens with one attached hydrogen (secondary N) is 1. The zero-order valence-electron chi connectivity index (χ0n) is 21.8. The van der Waals surface area contributed by atoms with Gasteiger partial charge in [0.2, 0.25) is 0 Å². The lowest BCUT2D eigenvalue weighted by Crippen LogP contribution is -2.59. The number of rotatable bonds is 5. The summed E-state index contributed by atoms with van der Waals surface area (Å²) in [5, 5.41) is 27.5. The summed E-state index contributed by atoms with van der Waals surface area (Å²) in [5.41, 5.74) is 1.42. The molecule has 4 aliphatic heterocycles. The standard InChI is InChI=1S/C32H42N2O3/c35-18-19-7-9-21(10-8-19)27(20-5-1-2-6-20)29-23-12-14-25-32(37,34(25)29)28(23)24-13-11-22-17-26(36)31(30(22)33-24)15-3-4-16-31/h7-10,12,14,18,20,22-30,33,36-37H,1-6,11,13,15-17H2/t22-,23-,24-,25+,26-,27+,28+,29-,30+,32+,34?/m0/s1. The number of benzene rings is 1. The van der Waals surface area contributed by atoms with Gasteiger partial charge in [-0.2, -0.15) is 0 Å². The van der Waals surface area contributed by atoms with E-state index >= 15 is 0 Å². The van der Waals surface area contributed by atoms with Crippen LogP contribution in [-0.4, -0.2) is 57.4 Å². The van der Waals surface area contributed by atoms with Crippen molar-refractivity contribution in [3.8, 4) is 0 Å². The number of carbonyl (C=O) groups is 1. The van der Waals surface area contributed by atoms with Crippen LogP contribution in [0.3, 0.4) is 0 Å². The first kappa shape index (κ1) is 23.4. The molecular formula is C32H42N2O3. The van der Waals surface area contributed by atoms with Crippen molar-refractivity contribution >= 4 is 6.29 Å². The fourth-order valence-electron chi connectivity index (χ4n) is 10.9. The second-order valence-electron chi connectivity index (χ2n) is 13.7. The Labute approximate surface area is 220 Å². The summed E-state index contributed by atoms with van der Waals surface area (Å²) in [6, 6.07) is 9.51. The molecule has 1 unspecified atom stereocenters. The van der Waals surface area contributed by atoms with Crippen LogP contribution < -0.4 is 5.32 Å². The Morgan fingerprint density at radius 1 is 1.00 bits per heavy atom. The zero-order valence-corrected chi connectivity index (χ0v) is 21.8. The quantitative estimate of drug-likeness (QED) is 0.316. The van der Waals surface area contributed by atoms with Gasteiger partial charge in [0.05, 0.1) is 12.1 Å². The number of aliphatic hydroxyl groups excluding tert-OH is 1. The summed E-state index contributed by atoms with van der Waals surface area (Å²) in [6.07, 6.45) is 18.7. The third-order valence-electron chi connectivity index (χ3n) is 12.4. The van der Waals surface area contributed by atoms with Crippen molar-refractivity contribution in [2.45, 2.75) is 113 Å². The Morgan fingerprint density at radius 2 is 1.76 bits per heavy atom. The molecule has 4 aliphatic carbocycles. The van der Waals surface area contributed by atoms with E-state index in [0.29, 0.717) is 41.8 Å². The Kier molecular flexibility index (Phi) is 5.20. The van der Waals surface area contributed by atoms with Gasteiger partial charge >= 0.3 is 0 Å². The summed E-state index contributed by atoms with van der Waals surface area (Å²) in [4.78, 5) is 13.8. The van der Waals surface area contributed by atoms with Gasteiger partial charge < -0.3 is 15.5 Å². The molecule has 1 aromatic carbocycles. The maximum Gasteiger partial charge on any atom is 0.150 e. The zero-order chi connectivity index (χ0) is 24.9. The van der Waals surface area contributed by atoms with Gasteiger partial charge in [0, 0.05) is 46.9 Å². The molecule has 9 rings (SSSR count). The topological polar surface area (TPSA) is 72.6 Å². The Bertz CT molecular complexity index is 1090. The van der Waals surface area contributed by atoms with Gasteiger partial charge in [-0.15, -0.1) is 0 Å². The van der Waals surface area contributed by atoms with Gasteiger partial charge in [-0.25, -0.2) is 0 Å². The predicted octanol–water partition coefficient (Wildman–Crippen LogP) is 4.39. The molecule has 198 valence electrons. The van der Waals surface area contributed by atoms with Crippen molar-refractivity contribution < 1.29 is 15.0 Å². The molecule has 37 heavy (non-hydrogen) atoms. The summed E-state index contributed by atoms with van der Waals surface area (Å²) in [6.45, 7) is 0. The van der Waals surface area contributed by atoms with Gasteiger partial charge in [0.25, 0.3) is 0 Å².